The minimum atomic E-state index is -0.550. The Morgan fingerprint density at radius 3 is 3.12 bits per heavy atom. The Morgan fingerprint density at radius 2 is 2.47 bits per heavy atom. The molecule has 92 valence electrons. The van der Waals surface area contributed by atoms with Crippen molar-refractivity contribution in [2.45, 2.75) is 6.10 Å². The van der Waals surface area contributed by atoms with E-state index in [9.17, 15) is 4.79 Å². The molecule has 0 saturated carbocycles. The van der Waals surface area contributed by atoms with E-state index in [2.05, 4.69) is 9.72 Å². The van der Waals surface area contributed by atoms with Gasteiger partial charge in [0.15, 0.2) is 6.10 Å². The third-order valence-electron chi connectivity index (χ3n) is 2.57. The summed E-state index contributed by atoms with van der Waals surface area (Å²) in [4.78, 5) is 17.6. The maximum atomic E-state index is 11.4. The number of hydrogen-bond acceptors (Lipinski definition) is 5. The number of hydrogen-bond donors (Lipinski definition) is 0. The number of esters is 1. The first-order chi connectivity index (χ1) is 8.20. The quantitative estimate of drug-likeness (QED) is 0.742. The summed E-state index contributed by atoms with van der Waals surface area (Å²) < 4.78 is 10.00. The number of pyridine rings is 1. The zero-order chi connectivity index (χ0) is 12.3. The van der Waals surface area contributed by atoms with Gasteiger partial charge in [-0.3, -0.25) is 0 Å². The Bertz CT molecular complexity index is 396. The van der Waals surface area contributed by atoms with Crippen LogP contribution in [0.15, 0.2) is 18.3 Å². The molecule has 2 rings (SSSR count). The number of morpholine rings is 1. The number of halogens is 1. The Hall–Kier alpha value is -1.33. The van der Waals surface area contributed by atoms with Crippen LogP contribution in [0.2, 0.25) is 5.02 Å². The van der Waals surface area contributed by atoms with Crippen molar-refractivity contribution in [1.82, 2.24) is 4.98 Å². The molecule has 0 aliphatic carbocycles. The molecule has 1 aliphatic rings. The van der Waals surface area contributed by atoms with Crippen molar-refractivity contribution in [2.75, 3.05) is 31.7 Å². The van der Waals surface area contributed by atoms with E-state index >= 15 is 0 Å². The molecule has 1 saturated heterocycles. The molecule has 0 aromatic carbocycles. The van der Waals surface area contributed by atoms with Gasteiger partial charge in [0.05, 0.1) is 25.3 Å². The van der Waals surface area contributed by atoms with E-state index in [0.717, 1.165) is 5.82 Å². The minimum Gasteiger partial charge on any atom is -0.467 e. The molecule has 17 heavy (non-hydrogen) atoms. The highest BCUT2D eigenvalue weighted by Gasteiger charge is 2.27. The number of carbonyl (C=O) groups excluding carboxylic acids is 1. The Morgan fingerprint density at radius 1 is 1.65 bits per heavy atom. The second-order valence-electron chi connectivity index (χ2n) is 3.66. The summed E-state index contributed by atoms with van der Waals surface area (Å²) in [6, 6.07) is 3.59. The predicted octanol–water partition coefficient (Wildman–Crippen LogP) is 1.11. The number of rotatable bonds is 2. The third kappa shape index (κ3) is 2.87. The third-order valence-corrected chi connectivity index (χ3v) is 2.79. The van der Waals surface area contributed by atoms with Gasteiger partial charge in [0.25, 0.3) is 0 Å². The average Bonchev–Trinajstić information content (AvgIpc) is 2.39. The van der Waals surface area contributed by atoms with Gasteiger partial charge in [0.1, 0.15) is 5.82 Å². The second kappa shape index (κ2) is 5.33. The van der Waals surface area contributed by atoms with Gasteiger partial charge in [-0.15, -0.1) is 0 Å². The van der Waals surface area contributed by atoms with Crippen molar-refractivity contribution in [3.05, 3.63) is 23.4 Å². The van der Waals surface area contributed by atoms with Gasteiger partial charge < -0.3 is 14.4 Å². The van der Waals surface area contributed by atoms with Crippen LogP contribution in [0.1, 0.15) is 0 Å². The van der Waals surface area contributed by atoms with Crippen molar-refractivity contribution in [3.63, 3.8) is 0 Å². The van der Waals surface area contributed by atoms with Gasteiger partial charge in [-0.25, -0.2) is 9.78 Å². The fourth-order valence-corrected chi connectivity index (χ4v) is 1.80. The maximum Gasteiger partial charge on any atom is 0.336 e. The molecular weight excluding hydrogens is 244 g/mol. The molecule has 1 unspecified atom stereocenters. The van der Waals surface area contributed by atoms with Gasteiger partial charge in [0, 0.05) is 12.7 Å². The summed E-state index contributed by atoms with van der Waals surface area (Å²) in [6.07, 6.45) is 1.03. The Labute approximate surface area is 104 Å². The highest BCUT2D eigenvalue weighted by atomic mass is 35.5. The number of ether oxygens (including phenoxy) is 2. The van der Waals surface area contributed by atoms with E-state index in [1.807, 2.05) is 11.0 Å². The zero-order valence-corrected chi connectivity index (χ0v) is 10.2. The van der Waals surface area contributed by atoms with Crippen LogP contribution in [0, 0.1) is 0 Å². The lowest BCUT2D eigenvalue weighted by Crippen LogP contribution is -2.46. The summed E-state index contributed by atoms with van der Waals surface area (Å²) in [7, 11) is 1.35. The molecule has 1 fully saturated rings. The van der Waals surface area contributed by atoms with Crippen molar-refractivity contribution in [3.8, 4) is 0 Å². The fourth-order valence-electron chi connectivity index (χ4n) is 1.69. The molecule has 0 amide bonds. The minimum absolute atomic E-state index is 0.358. The van der Waals surface area contributed by atoms with Gasteiger partial charge >= 0.3 is 5.97 Å². The normalized spacial score (nSPS) is 20.1. The second-order valence-corrected chi connectivity index (χ2v) is 4.10. The fraction of sp³-hybridized carbons (Fsp3) is 0.455. The molecule has 0 spiro atoms. The summed E-state index contributed by atoms with van der Waals surface area (Å²) in [5.41, 5.74) is 0. The largest absolute Gasteiger partial charge is 0.467 e. The lowest BCUT2D eigenvalue weighted by Gasteiger charge is -2.32. The smallest absolute Gasteiger partial charge is 0.336 e. The Kier molecular flexibility index (Phi) is 3.81. The number of nitrogens with zero attached hydrogens (tertiary/aromatic N) is 2. The van der Waals surface area contributed by atoms with Crippen molar-refractivity contribution < 1.29 is 14.3 Å². The van der Waals surface area contributed by atoms with Crippen LogP contribution >= 0.6 is 11.6 Å². The first kappa shape index (κ1) is 12.1. The molecule has 0 bridgehead atoms. The van der Waals surface area contributed by atoms with E-state index < -0.39 is 6.10 Å². The van der Waals surface area contributed by atoms with Crippen LogP contribution in [0.4, 0.5) is 5.82 Å². The molecule has 6 heteroatoms. The van der Waals surface area contributed by atoms with Crippen LogP contribution in [0.25, 0.3) is 0 Å². The monoisotopic (exact) mass is 256 g/mol. The summed E-state index contributed by atoms with van der Waals surface area (Å²) >= 11 is 5.77. The van der Waals surface area contributed by atoms with Gasteiger partial charge in [-0.2, -0.15) is 0 Å². The molecule has 1 aromatic heterocycles. The first-order valence-electron chi connectivity index (χ1n) is 5.26. The maximum absolute atomic E-state index is 11.4. The van der Waals surface area contributed by atoms with E-state index in [0.29, 0.717) is 24.7 Å². The van der Waals surface area contributed by atoms with E-state index in [1.54, 1.807) is 12.3 Å². The molecule has 1 aliphatic heterocycles. The highest BCUT2D eigenvalue weighted by Crippen LogP contribution is 2.17. The van der Waals surface area contributed by atoms with Gasteiger partial charge in [0.2, 0.25) is 0 Å². The first-order valence-corrected chi connectivity index (χ1v) is 5.64. The van der Waals surface area contributed by atoms with Gasteiger partial charge in [-0.1, -0.05) is 11.6 Å². The van der Waals surface area contributed by atoms with E-state index in [-0.39, 0.29) is 5.97 Å². The molecular formula is C11H13ClN2O3. The van der Waals surface area contributed by atoms with Crippen LogP contribution < -0.4 is 4.90 Å². The highest BCUT2D eigenvalue weighted by molar-refractivity contribution is 6.30. The molecule has 2 heterocycles. The van der Waals surface area contributed by atoms with Crippen LogP contribution in [-0.2, 0) is 14.3 Å². The zero-order valence-electron chi connectivity index (χ0n) is 9.43. The molecule has 5 nitrogen and oxygen atoms in total. The van der Waals surface area contributed by atoms with Crippen molar-refractivity contribution in [2.24, 2.45) is 0 Å². The van der Waals surface area contributed by atoms with Crippen LogP contribution in [-0.4, -0.2) is 43.9 Å². The summed E-state index contributed by atoms with van der Waals surface area (Å²) in [5.74, 6) is 0.426. The molecule has 0 radical (unpaired) electrons. The van der Waals surface area contributed by atoms with Crippen LogP contribution in [0.5, 0.6) is 0 Å². The topological polar surface area (TPSA) is 51.7 Å². The van der Waals surface area contributed by atoms with Crippen molar-refractivity contribution in [1.29, 1.82) is 0 Å². The molecule has 1 atom stereocenters. The average molecular weight is 257 g/mol. The lowest BCUT2D eigenvalue weighted by molar-refractivity contribution is -0.154. The lowest BCUT2D eigenvalue weighted by atomic mass is 10.2. The SMILES string of the molecule is COC(=O)C1CN(c2ccc(Cl)cn2)CCO1. The van der Waals surface area contributed by atoms with Gasteiger partial charge in [-0.05, 0) is 12.1 Å². The number of anilines is 1. The number of methoxy groups -OCH3 is 1. The van der Waals surface area contributed by atoms with E-state index in [4.69, 9.17) is 16.3 Å². The molecule has 0 N–H and O–H groups in total. The number of aromatic nitrogens is 1. The number of carbonyl (C=O) groups is 1. The van der Waals surface area contributed by atoms with Crippen LogP contribution in [0.3, 0.4) is 0 Å². The molecule has 1 aromatic rings. The predicted molar refractivity (Wildman–Crippen MR) is 63.2 cm³/mol. The summed E-state index contributed by atoms with van der Waals surface area (Å²) in [5, 5.41) is 0.589. The Balaban J connectivity index is 2.06. The standard InChI is InChI=1S/C11H13ClN2O3/c1-16-11(15)9-7-14(4-5-17-9)10-3-2-8(12)6-13-10/h2-3,6,9H,4-5,7H2,1H3. The van der Waals surface area contributed by atoms with E-state index in [1.165, 1.54) is 7.11 Å². The summed E-state index contributed by atoms with van der Waals surface area (Å²) in [6.45, 7) is 1.62. The van der Waals surface area contributed by atoms with Crippen molar-refractivity contribution >= 4 is 23.4 Å².